The van der Waals surface area contributed by atoms with Crippen molar-refractivity contribution in [1.29, 1.82) is 0 Å². The first kappa shape index (κ1) is 18.2. The lowest BCUT2D eigenvalue weighted by Crippen LogP contribution is -2.59. The molecule has 1 atom stereocenters. The van der Waals surface area contributed by atoms with Crippen molar-refractivity contribution in [2.24, 2.45) is 0 Å². The van der Waals surface area contributed by atoms with Gasteiger partial charge in [0.1, 0.15) is 10.5 Å². The number of rotatable bonds is 5. The third-order valence-corrected chi connectivity index (χ3v) is 5.49. The van der Waals surface area contributed by atoms with E-state index in [1.807, 2.05) is 19.2 Å². The molecule has 1 unspecified atom stereocenters. The summed E-state index contributed by atoms with van der Waals surface area (Å²) < 4.78 is 5.51. The van der Waals surface area contributed by atoms with Crippen molar-refractivity contribution < 1.29 is 4.74 Å². The van der Waals surface area contributed by atoms with Crippen molar-refractivity contribution in [2.45, 2.75) is 5.54 Å². The minimum atomic E-state index is -0.481. The van der Waals surface area contributed by atoms with Crippen LogP contribution >= 0.6 is 12.2 Å². The third kappa shape index (κ3) is 3.53. The number of para-hydroxylation sites is 1. The number of pyridine rings is 1. The van der Waals surface area contributed by atoms with E-state index in [1.54, 1.807) is 0 Å². The molecule has 0 aliphatic carbocycles. The number of ether oxygens (including phenoxy) is 1. The lowest BCUT2D eigenvalue weighted by molar-refractivity contribution is 0.0181. The molecule has 1 aromatic carbocycles. The van der Waals surface area contributed by atoms with Crippen molar-refractivity contribution >= 4 is 28.1 Å². The van der Waals surface area contributed by atoms with Crippen molar-refractivity contribution in [1.82, 2.24) is 20.1 Å². The zero-order valence-electron chi connectivity index (χ0n) is 15.2. The molecule has 3 rings (SSSR count). The van der Waals surface area contributed by atoms with Gasteiger partial charge in [0.15, 0.2) is 0 Å². The molecule has 1 aliphatic rings. The maximum absolute atomic E-state index is 5.79. The number of morpholine rings is 1. The predicted octanol–water partition coefficient (Wildman–Crippen LogP) is 1.87. The first-order chi connectivity index (χ1) is 12.1. The summed E-state index contributed by atoms with van der Waals surface area (Å²) in [6, 6.07) is 12.4. The van der Waals surface area contributed by atoms with E-state index in [2.05, 4.69) is 53.5 Å². The number of likely N-dealkylation sites (N-methyl/N-ethyl adjacent to an activating group) is 2. The monoisotopic (exact) mass is 358 g/mol. The maximum atomic E-state index is 5.79. The van der Waals surface area contributed by atoms with Gasteiger partial charge in [0.2, 0.25) is 0 Å². The van der Waals surface area contributed by atoms with Crippen molar-refractivity contribution in [3.05, 3.63) is 42.1 Å². The highest BCUT2D eigenvalue weighted by Crippen LogP contribution is 2.30. The Bertz CT molecular complexity index is 745. The predicted molar refractivity (Wildman–Crippen MR) is 106 cm³/mol. The van der Waals surface area contributed by atoms with Crippen LogP contribution in [0.5, 0.6) is 0 Å². The molecular weight excluding hydrogens is 332 g/mol. The van der Waals surface area contributed by atoms with Crippen LogP contribution in [0.3, 0.4) is 0 Å². The van der Waals surface area contributed by atoms with Crippen LogP contribution in [-0.2, 0) is 10.3 Å². The molecule has 6 heteroatoms. The van der Waals surface area contributed by atoms with Gasteiger partial charge in [-0.15, -0.1) is 0 Å². The van der Waals surface area contributed by atoms with Crippen LogP contribution in [0.2, 0.25) is 0 Å². The van der Waals surface area contributed by atoms with Crippen LogP contribution in [0.15, 0.2) is 36.4 Å². The number of thiocarbonyl (C=S) groups is 1. The minimum absolute atomic E-state index is 0.481. The van der Waals surface area contributed by atoms with Crippen LogP contribution in [0.4, 0.5) is 0 Å². The number of nitrogens with zero attached hydrogens (tertiary/aromatic N) is 3. The molecule has 0 spiro atoms. The molecule has 1 fully saturated rings. The number of nitrogens with one attached hydrogen (secondary N) is 1. The highest BCUT2D eigenvalue weighted by molar-refractivity contribution is 7.80. The molecule has 0 radical (unpaired) electrons. The Kier molecular flexibility index (Phi) is 5.64. The Morgan fingerprint density at radius 1 is 1.24 bits per heavy atom. The average molecular weight is 359 g/mol. The van der Waals surface area contributed by atoms with Crippen LogP contribution < -0.4 is 5.32 Å². The Balaban J connectivity index is 2.08. The normalized spacial score (nSPS) is 18.2. The SMILES string of the molecule is CNC(=S)C(CN1CCOCC1)(c1ccc2ccccc2n1)N(C)C. The summed E-state index contributed by atoms with van der Waals surface area (Å²) in [4.78, 5) is 10.3. The van der Waals surface area contributed by atoms with Crippen LogP contribution in [0, 0.1) is 0 Å². The highest BCUT2D eigenvalue weighted by atomic mass is 32.1. The number of fused-ring (bicyclic) bond motifs is 1. The summed E-state index contributed by atoms with van der Waals surface area (Å²) in [6.45, 7) is 4.14. The van der Waals surface area contributed by atoms with Crippen molar-refractivity contribution in [3.8, 4) is 0 Å². The summed E-state index contributed by atoms with van der Waals surface area (Å²) in [5.41, 5.74) is 1.49. The molecule has 1 saturated heterocycles. The minimum Gasteiger partial charge on any atom is -0.381 e. The maximum Gasteiger partial charge on any atom is 0.126 e. The van der Waals surface area contributed by atoms with E-state index in [0.29, 0.717) is 0 Å². The van der Waals surface area contributed by atoms with Crippen LogP contribution in [-0.4, -0.2) is 73.8 Å². The fraction of sp³-hybridized carbons (Fsp3) is 0.474. The molecule has 134 valence electrons. The van der Waals surface area contributed by atoms with E-state index in [4.69, 9.17) is 21.9 Å². The van der Waals surface area contributed by atoms with Gasteiger partial charge in [-0.1, -0.05) is 36.5 Å². The largest absolute Gasteiger partial charge is 0.381 e. The quantitative estimate of drug-likeness (QED) is 0.823. The Morgan fingerprint density at radius 3 is 2.64 bits per heavy atom. The van der Waals surface area contributed by atoms with Gasteiger partial charge in [0, 0.05) is 32.1 Å². The van der Waals surface area contributed by atoms with Gasteiger partial charge in [-0.3, -0.25) is 14.8 Å². The molecule has 0 amide bonds. The highest BCUT2D eigenvalue weighted by Gasteiger charge is 2.42. The van der Waals surface area contributed by atoms with E-state index in [9.17, 15) is 0 Å². The molecule has 1 aliphatic heterocycles. The third-order valence-electron chi connectivity index (χ3n) is 4.94. The lowest BCUT2D eigenvalue weighted by Gasteiger charge is -2.44. The summed E-state index contributed by atoms with van der Waals surface area (Å²) in [6.07, 6.45) is 0. The average Bonchev–Trinajstić information content (AvgIpc) is 2.65. The lowest BCUT2D eigenvalue weighted by atomic mass is 9.90. The Labute approximate surface area is 155 Å². The smallest absolute Gasteiger partial charge is 0.126 e. The number of aromatic nitrogens is 1. The molecule has 2 aromatic rings. The van der Waals surface area contributed by atoms with Crippen molar-refractivity contribution in [3.63, 3.8) is 0 Å². The van der Waals surface area contributed by atoms with E-state index in [1.165, 1.54) is 0 Å². The topological polar surface area (TPSA) is 40.6 Å². The van der Waals surface area contributed by atoms with Crippen molar-refractivity contribution in [2.75, 3.05) is 54.0 Å². The molecular formula is C19H26N4OS. The first-order valence-electron chi connectivity index (χ1n) is 8.64. The van der Waals surface area contributed by atoms with Gasteiger partial charge in [0.05, 0.1) is 24.4 Å². The zero-order chi connectivity index (χ0) is 17.9. The Hall–Kier alpha value is -1.60. The van der Waals surface area contributed by atoms with Gasteiger partial charge in [-0.2, -0.15) is 0 Å². The second-order valence-electron chi connectivity index (χ2n) is 6.61. The number of hydrogen-bond donors (Lipinski definition) is 1. The van der Waals surface area contributed by atoms with Crippen LogP contribution in [0.25, 0.3) is 10.9 Å². The first-order valence-corrected chi connectivity index (χ1v) is 9.05. The van der Waals surface area contributed by atoms with Crippen LogP contribution in [0.1, 0.15) is 5.69 Å². The fourth-order valence-corrected chi connectivity index (χ4v) is 3.78. The summed E-state index contributed by atoms with van der Waals surface area (Å²) in [7, 11) is 6.03. The van der Waals surface area contributed by atoms with Gasteiger partial charge in [-0.05, 0) is 26.2 Å². The summed E-state index contributed by atoms with van der Waals surface area (Å²) in [5.74, 6) is 0. The standard InChI is InChI=1S/C19H26N4OS/c1-20-18(25)19(22(2)3,14-23-10-12-24-13-11-23)17-9-8-15-6-4-5-7-16(15)21-17/h4-9H,10-14H2,1-3H3,(H,20,25). The molecule has 1 aromatic heterocycles. The van der Waals surface area contributed by atoms with Gasteiger partial charge in [-0.25, -0.2) is 0 Å². The zero-order valence-corrected chi connectivity index (χ0v) is 16.0. The molecule has 5 nitrogen and oxygen atoms in total. The van der Waals surface area contributed by atoms with Gasteiger partial charge in [0.25, 0.3) is 0 Å². The second-order valence-corrected chi connectivity index (χ2v) is 7.02. The van der Waals surface area contributed by atoms with E-state index in [-0.39, 0.29) is 0 Å². The van der Waals surface area contributed by atoms with E-state index >= 15 is 0 Å². The van der Waals surface area contributed by atoms with E-state index < -0.39 is 5.54 Å². The van der Waals surface area contributed by atoms with E-state index in [0.717, 1.165) is 54.4 Å². The summed E-state index contributed by atoms with van der Waals surface area (Å²) in [5, 5.41) is 4.35. The molecule has 2 heterocycles. The fourth-order valence-electron chi connectivity index (χ4n) is 3.43. The number of hydrogen-bond acceptors (Lipinski definition) is 5. The number of benzene rings is 1. The summed E-state index contributed by atoms with van der Waals surface area (Å²) >= 11 is 5.79. The van der Waals surface area contributed by atoms with Gasteiger partial charge < -0.3 is 10.1 Å². The Morgan fingerprint density at radius 2 is 1.96 bits per heavy atom. The second kappa shape index (κ2) is 7.74. The van der Waals surface area contributed by atoms with Gasteiger partial charge >= 0.3 is 0 Å². The molecule has 1 N–H and O–H groups in total. The molecule has 0 saturated carbocycles. The molecule has 25 heavy (non-hydrogen) atoms. The molecule has 0 bridgehead atoms.